The normalized spacial score (nSPS) is 15.3. The van der Waals surface area contributed by atoms with Crippen molar-refractivity contribution < 1.29 is 14.2 Å². The number of hydrogen-bond donors (Lipinski definition) is 1. The van der Waals surface area contributed by atoms with Gasteiger partial charge in [-0.25, -0.2) is 0 Å². The van der Waals surface area contributed by atoms with E-state index in [-0.39, 0.29) is 0 Å². The fourth-order valence-corrected chi connectivity index (χ4v) is 5.17. The van der Waals surface area contributed by atoms with Crippen LogP contribution >= 0.6 is 7.37 Å². The summed E-state index contributed by atoms with van der Waals surface area (Å²) in [6.45, 7) is 7.58. The molecule has 4 heteroatoms. The zero-order valence-electron chi connectivity index (χ0n) is 13.5. The Morgan fingerprint density at radius 1 is 1.09 bits per heavy atom. The summed E-state index contributed by atoms with van der Waals surface area (Å²) in [5.41, 5.74) is 4.41. The molecule has 0 saturated carbocycles. The molecule has 0 heterocycles. The lowest BCUT2D eigenvalue weighted by Crippen LogP contribution is -2.15. The third-order valence-corrected chi connectivity index (χ3v) is 6.14. The molecule has 2 unspecified atom stereocenters. The van der Waals surface area contributed by atoms with Crippen molar-refractivity contribution >= 4 is 12.7 Å². The van der Waals surface area contributed by atoms with E-state index in [4.69, 9.17) is 4.52 Å². The Morgan fingerprint density at radius 3 is 2.14 bits per heavy atom. The Balaban J connectivity index is 2.47. The molecule has 0 aromatic heterocycles. The van der Waals surface area contributed by atoms with Gasteiger partial charge in [-0.3, -0.25) is 9.09 Å². The fraction of sp³-hybridized carbons (Fsp3) is 0.333. The maximum absolute atomic E-state index is 13.4. The van der Waals surface area contributed by atoms with Crippen molar-refractivity contribution in [1.29, 1.82) is 0 Å². The van der Waals surface area contributed by atoms with Gasteiger partial charge in [0.2, 0.25) is 7.37 Å². The van der Waals surface area contributed by atoms with Crippen LogP contribution in [0.5, 0.6) is 0 Å². The second-order valence-electron chi connectivity index (χ2n) is 5.75. The maximum Gasteiger partial charge on any atom is 0.238 e. The van der Waals surface area contributed by atoms with E-state index < -0.39 is 13.7 Å². The molecular weight excluding hydrogens is 295 g/mol. The van der Waals surface area contributed by atoms with Gasteiger partial charge in [-0.15, -0.1) is 0 Å². The minimum atomic E-state index is -3.17. The highest BCUT2D eigenvalue weighted by Gasteiger charge is 2.29. The van der Waals surface area contributed by atoms with E-state index in [1.807, 2.05) is 39.0 Å². The summed E-state index contributed by atoms with van der Waals surface area (Å²) in [5, 5.41) is 10.3. The molecule has 1 N–H and O–H groups in total. The number of aliphatic hydroxyl groups is 1. The molecule has 0 bridgehead atoms. The van der Waals surface area contributed by atoms with E-state index in [1.54, 1.807) is 12.1 Å². The monoisotopic (exact) mass is 318 g/mol. The van der Waals surface area contributed by atoms with E-state index in [2.05, 4.69) is 12.1 Å². The van der Waals surface area contributed by atoms with Gasteiger partial charge in [-0.05, 0) is 56.5 Å². The Hall–Kier alpha value is -1.41. The molecule has 2 atom stereocenters. The van der Waals surface area contributed by atoms with E-state index in [0.717, 1.165) is 16.7 Å². The summed E-state index contributed by atoms with van der Waals surface area (Å²) in [4.78, 5) is 0. The zero-order valence-corrected chi connectivity index (χ0v) is 14.4. The van der Waals surface area contributed by atoms with Gasteiger partial charge in [0.25, 0.3) is 0 Å². The van der Waals surface area contributed by atoms with Crippen LogP contribution in [0.15, 0.2) is 42.5 Å². The summed E-state index contributed by atoms with van der Waals surface area (Å²) in [5.74, 6) is 0. The molecule has 0 saturated heterocycles. The van der Waals surface area contributed by atoms with Crippen molar-refractivity contribution in [3.8, 4) is 0 Å². The minimum Gasteiger partial charge on any atom is -0.368 e. The van der Waals surface area contributed by atoms with Gasteiger partial charge < -0.3 is 5.11 Å². The molecule has 2 rings (SSSR count). The van der Waals surface area contributed by atoms with Gasteiger partial charge in [-0.2, -0.15) is 0 Å². The highest BCUT2D eigenvalue weighted by Crippen LogP contribution is 2.50. The zero-order chi connectivity index (χ0) is 16.3. The van der Waals surface area contributed by atoms with Crippen LogP contribution in [0.3, 0.4) is 0 Å². The van der Waals surface area contributed by atoms with Crippen molar-refractivity contribution in [2.24, 2.45) is 0 Å². The summed E-state index contributed by atoms with van der Waals surface area (Å²) in [6, 6.07) is 13.3. The van der Waals surface area contributed by atoms with Crippen LogP contribution in [-0.4, -0.2) is 11.4 Å². The van der Waals surface area contributed by atoms with E-state index in [9.17, 15) is 9.67 Å². The third-order valence-electron chi connectivity index (χ3n) is 3.68. The van der Waals surface area contributed by atoms with Crippen LogP contribution in [0.1, 0.15) is 29.2 Å². The van der Waals surface area contributed by atoms with Crippen LogP contribution < -0.4 is 5.30 Å². The molecule has 0 spiro atoms. The standard InChI is InChI=1S/C18H23O3P/c1-13-10-14(2)18(15(3)11-13)12-22(20,21-16(4)19)17-8-6-5-7-9-17/h5-11,16,19H,12H2,1-4H3. The Labute approximate surface area is 132 Å². The van der Waals surface area contributed by atoms with Crippen molar-refractivity contribution in [1.82, 2.24) is 0 Å². The first-order valence-corrected chi connectivity index (χ1v) is 9.21. The first-order valence-electron chi connectivity index (χ1n) is 7.40. The molecule has 2 aromatic carbocycles. The van der Waals surface area contributed by atoms with Gasteiger partial charge in [0.05, 0.1) is 6.16 Å². The van der Waals surface area contributed by atoms with Crippen LogP contribution in [0, 0.1) is 20.8 Å². The highest BCUT2D eigenvalue weighted by atomic mass is 31.2. The average molecular weight is 318 g/mol. The molecular formula is C18H23O3P. The largest absolute Gasteiger partial charge is 0.368 e. The number of benzene rings is 2. The number of aryl methyl sites for hydroxylation is 3. The van der Waals surface area contributed by atoms with Crippen molar-refractivity contribution in [2.75, 3.05) is 0 Å². The lowest BCUT2D eigenvalue weighted by atomic mass is 10.0. The fourth-order valence-electron chi connectivity index (χ4n) is 2.76. The smallest absolute Gasteiger partial charge is 0.238 e. The molecule has 118 valence electrons. The number of rotatable bonds is 5. The predicted molar refractivity (Wildman–Crippen MR) is 90.8 cm³/mol. The summed E-state index contributed by atoms with van der Waals surface area (Å²) < 4.78 is 18.9. The van der Waals surface area contributed by atoms with Gasteiger partial charge >= 0.3 is 0 Å². The molecule has 0 aliphatic rings. The van der Waals surface area contributed by atoms with Crippen LogP contribution in [0.4, 0.5) is 0 Å². The molecule has 0 fully saturated rings. The number of hydrogen-bond acceptors (Lipinski definition) is 3. The third kappa shape index (κ3) is 3.86. The van der Waals surface area contributed by atoms with Crippen molar-refractivity contribution in [3.63, 3.8) is 0 Å². The Kier molecular flexibility index (Phi) is 5.23. The highest BCUT2D eigenvalue weighted by molar-refractivity contribution is 7.66. The molecule has 3 nitrogen and oxygen atoms in total. The van der Waals surface area contributed by atoms with E-state index >= 15 is 0 Å². The quantitative estimate of drug-likeness (QED) is 0.668. The lowest BCUT2D eigenvalue weighted by molar-refractivity contribution is 0.00349. The number of aliphatic hydroxyl groups excluding tert-OH is 1. The Bertz CT molecular complexity index is 670. The molecule has 0 aliphatic carbocycles. The molecule has 2 aromatic rings. The summed E-state index contributed by atoms with van der Waals surface area (Å²) in [6.07, 6.45) is -0.781. The molecule has 0 amide bonds. The average Bonchev–Trinajstić information content (AvgIpc) is 2.43. The van der Waals surface area contributed by atoms with Crippen molar-refractivity contribution in [3.05, 3.63) is 64.7 Å². The van der Waals surface area contributed by atoms with Crippen LogP contribution in [0.2, 0.25) is 0 Å². The van der Waals surface area contributed by atoms with Crippen LogP contribution in [-0.2, 0) is 15.3 Å². The summed E-state index contributed by atoms with van der Waals surface area (Å²) in [7, 11) is -3.17. The topological polar surface area (TPSA) is 46.5 Å². The van der Waals surface area contributed by atoms with Gasteiger partial charge in [0.15, 0.2) is 6.29 Å². The maximum atomic E-state index is 13.4. The molecule has 0 radical (unpaired) electrons. The molecule has 0 aliphatic heterocycles. The first-order chi connectivity index (χ1) is 10.3. The molecule has 22 heavy (non-hydrogen) atoms. The van der Waals surface area contributed by atoms with E-state index in [0.29, 0.717) is 11.5 Å². The summed E-state index contributed by atoms with van der Waals surface area (Å²) >= 11 is 0. The minimum absolute atomic E-state index is 0.292. The second kappa shape index (κ2) is 6.78. The Morgan fingerprint density at radius 2 is 1.64 bits per heavy atom. The van der Waals surface area contributed by atoms with Gasteiger partial charge in [0, 0.05) is 5.30 Å². The second-order valence-corrected chi connectivity index (χ2v) is 8.14. The van der Waals surface area contributed by atoms with Crippen LogP contribution in [0.25, 0.3) is 0 Å². The lowest BCUT2D eigenvalue weighted by Gasteiger charge is -2.23. The first kappa shape index (κ1) is 17.0. The SMILES string of the molecule is Cc1cc(C)c(CP(=O)(OC(C)O)c2ccccc2)c(C)c1. The van der Waals surface area contributed by atoms with Gasteiger partial charge in [0.1, 0.15) is 0 Å². The predicted octanol–water partition coefficient (Wildman–Crippen LogP) is 4.07. The van der Waals surface area contributed by atoms with Gasteiger partial charge in [-0.1, -0.05) is 35.9 Å². The van der Waals surface area contributed by atoms with E-state index in [1.165, 1.54) is 12.5 Å². The van der Waals surface area contributed by atoms with Crippen molar-refractivity contribution in [2.45, 2.75) is 40.1 Å².